The number of esters is 1. The van der Waals surface area contributed by atoms with Crippen molar-refractivity contribution in [1.82, 2.24) is 4.57 Å². The van der Waals surface area contributed by atoms with Crippen molar-refractivity contribution in [2.75, 3.05) is 6.61 Å². The number of carbonyl (C=O) groups is 1. The lowest BCUT2D eigenvalue weighted by Gasteiger charge is -2.13. The first-order valence-electron chi connectivity index (χ1n) is 6.26. The van der Waals surface area contributed by atoms with E-state index in [4.69, 9.17) is 4.74 Å². The summed E-state index contributed by atoms with van der Waals surface area (Å²) in [6, 6.07) is 2.59. The van der Waals surface area contributed by atoms with E-state index < -0.39 is 11.4 Å². The fourth-order valence-corrected chi connectivity index (χ4v) is 2.07. The molecule has 1 heterocycles. The van der Waals surface area contributed by atoms with Crippen LogP contribution in [0.15, 0.2) is 23.1 Å². The number of fused-ring (bicyclic) bond motifs is 1. The second-order valence-corrected chi connectivity index (χ2v) is 4.21. The number of pyridine rings is 1. The van der Waals surface area contributed by atoms with Crippen molar-refractivity contribution in [2.24, 2.45) is 0 Å². The molecule has 0 spiro atoms. The summed E-state index contributed by atoms with van der Waals surface area (Å²) in [4.78, 5) is 24.1. The minimum Gasteiger partial charge on any atom is -0.504 e. The van der Waals surface area contributed by atoms with Crippen molar-refractivity contribution in [1.29, 1.82) is 0 Å². The number of ether oxygens (including phenoxy) is 1. The van der Waals surface area contributed by atoms with E-state index in [2.05, 4.69) is 0 Å². The molecule has 0 aliphatic carbocycles. The van der Waals surface area contributed by atoms with Crippen LogP contribution in [0, 0.1) is 0 Å². The Labute approximate surface area is 114 Å². The van der Waals surface area contributed by atoms with Crippen LogP contribution in [0.5, 0.6) is 11.5 Å². The third-order valence-corrected chi connectivity index (χ3v) is 3.03. The number of benzene rings is 1. The number of hydrogen-bond donors (Lipinski definition) is 2. The predicted molar refractivity (Wildman–Crippen MR) is 73.2 cm³/mol. The zero-order valence-electron chi connectivity index (χ0n) is 11.2. The van der Waals surface area contributed by atoms with Gasteiger partial charge in [0.2, 0.25) is 5.43 Å². The van der Waals surface area contributed by atoms with Gasteiger partial charge in [-0.25, -0.2) is 4.79 Å². The number of aromatic nitrogens is 1. The van der Waals surface area contributed by atoms with E-state index in [1.165, 1.54) is 22.9 Å². The molecule has 0 unspecified atom stereocenters. The molecule has 1 aromatic heterocycles. The quantitative estimate of drug-likeness (QED) is 0.657. The Hall–Kier alpha value is -2.50. The van der Waals surface area contributed by atoms with E-state index in [1.807, 2.05) is 0 Å². The lowest BCUT2D eigenvalue weighted by molar-refractivity contribution is 0.0524. The summed E-state index contributed by atoms with van der Waals surface area (Å²) in [5, 5.41) is 19.6. The monoisotopic (exact) mass is 277 g/mol. The first kappa shape index (κ1) is 13.9. The van der Waals surface area contributed by atoms with Crippen LogP contribution in [0.1, 0.15) is 24.2 Å². The van der Waals surface area contributed by atoms with Crippen LogP contribution in [0.4, 0.5) is 0 Å². The Morgan fingerprint density at radius 1 is 1.30 bits per heavy atom. The highest BCUT2D eigenvalue weighted by Gasteiger charge is 2.19. The molecule has 6 nitrogen and oxygen atoms in total. The van der Waals surface area contributed by atoms with Gasteiger partial charge in [-0.05, 0) is 26.0 Å². The summed E-state index contributed by atoms with van der Waals surface area (Å²) in [5.74, 6) is -1.39. The molecule has 2 N–H and O–H groups in total. The summed E-state index contributed by atoms with van der Waals surface area (Å²) >= 11 is 0. The zero-order chi connectivity index (χ0) is 14.9. The lowest BCUT2D eigenvalue weighted by Crippen LogP contribution is -2.20. The average Bonchev–Trinajstić information content (AvgIpc) is 2.43. The van der Waals surface area contributed by atoms with E-state index in [1.54, 1.807) is 13.8 Å². The molecular weight excluding hydrogens is 262 g/mol. The highest BCUT2D eigenvalue weighted by Crippen LogP contribution is 2.32. The summed E-state index contributed by atoms with van der Waals surface area (Å²) in [5.41, 5.74) is -0.421. The van der Waals surface area contributed by atoms with Crippen molar-refractivity contribution >= 4 is 16.9 Å². The molecule has 0 saturated heterocycles. The average molecular weight is 277 g/mol. The fraction of sp³-hybridized carbons (Fsp3) is 0.286. The second kappa shape index (κ2) is 5.24. The minimum absolute atomic E-state index is 0.0914. The molecule has 6 heteroatoms. The highest BCUT2D eigenvalue weighted by molar-refractivity contribution is 5.95. The van der Waals surface area contributed by atoms with Crippen molar-refractivity contribution < 1.29 is 19.7 Å². The molecule has 0 radical (unpaired) electrons. The molecule has 0 saturated carbocycles. The van der Waals surface area contributed by atoms with Gasteiger partial charge in [0.15, 0.2) is 11.5 Å². The van der Waals surface area contributed by atoms with Crippen LogP contribution in [-0.2, 0) is 11.3 Å². The van der Waals surface area contributed by atoms with Gasteiger partial charge < -0.3 is 19.5 Å². The van der Waals surface area contributed by atoms with Gasteiger partial charge in [-0.1, -0.05) is 0 Å². The number of hydrogen-bond acceptors (Lipinski definition) is 5. The van der Waals surface area contributed by atoms with Crippen LogP contribution in [0.2, 0.25) is 0 Å². The molecule has 0 fully saturated rings. The van der Waals surface area contributed by atoms with Crippen LogP contribution in [-0.4, -0.2) is 27.4 Å². The molecule has 2 aromatic rings. The maximum atomic E-state index is 12.3. The molecule has 0 bridgehead atoms. The number of phenols is 2. The molecule has 1 aromatic carbocycles. The zero-order valence-corrected chi connectivity index (χ0v) is 11.2. The number of phenolic OH excluding ortho intramolecular Hbond substituents is 2. The SMILES string of the molecule is CCOC(=O)c1cn(CC)c2c(O)c(O)ccc2c1=O. The highest BCUT2D eigenvalue weighted by atomic mass is 16.5. The lowest BCUT2D eigenvalue weighted by atomic mass is 10.1. The molecule has 0 aliphatic rings. The summed E-state index contributed by atoms with van der Waals surface area (Å²) in [6.45, 7) is 4.03. The molecule has 0 atom stereocenters. The van der Waals surface area contributed by atoms with Crippen molar-refractivity contribution in [3.63, 3.8) is 0 Å². The first-order valence-corrected chi connectivity index (χ1v) is 6.26. The molecule has 2 rings (SSSR count). The maximum Gasteiger partial charge on any atom is 0.343 e. The third-order valence-electron chi connectivity index (χ3n) is 3.03. The predicted octanol–water partition coefficient (Wildman–Crippen LogP) is 1.61. The van der Waals surface area contributed by atoms with Crippen LogP contribution in [0.25, 0.3) is 10.9 Å². The number of aromatic hydroxyl groups is 2. The van der Waals surface area contributed by atoms with E-state index >= 15 is 0 Å². The van der Waals surface area contributed by atoms with Gasteiger partial charge in [0.1, 0.15) is 5.56 Å². The Morgan fingerprint density at radius 2 is 2.00 bits per heavy atom. The van der Waals surface area contributed by atoms with Crippen molar-refractivity contribution in [3.8, 4) is 11.5 Å². The van der Waals surface area contributed by atoms with Crippen molar-refractivity contribution in [3.05, 3.63) is 34.1 Å². The standard InChI is InChI=1S/C14H15NO5/c1-3-15-7-9(14(19)20-4-2)12(17)8-5-6-10(16)13(18)11(8)15/h5-7,16,18H,3-4H2,1-2H3. The minimum atomic E-state index is -0.700. The molecule has 20 heavy (non-hydrogen) atoms. The number of nitrogens with zero attached hydrogens (tertiary/aromatic N) is 1. The van der Waals surface area contributed by atoms with Gasteiger partial charge in [-0.3, -0.25) is 4.79 Å². The summed E-state index contributed by atoms with van der Waals surface area (Å²) < 4.78 is 6.37. The first-order chi connectivity index (χ1) is 9.51. The van der Waals surface area contributed by atoms with Crippen LogP contribution >= 0.6 is 0 Å². The Bertz CT molecular complexity index is 732. The Kier molecular flexibility index (Phi) is 3.65. The second-order valence-electron chi connectivity index (χ2n) is 4.21. The molecule has 106 valence electrons. The smallest absolute Gasteiger partial charge is 0.343 e. The van der Waals surface area contributed by atoms with Gasteiger partial charge >= 0.3 is 5.97 Å². The third kappa shape index (κ3) is 2.09. The molecule has 0 aliphatic heterocycles. The Morgan fingerprint density at radius 3 is 2.60 bits per heavy atom. The number of carbonyl (C=O) groups excluding carboxylic acids is 1. The van der Waals surface area contributed by atoms with Crippen LogP contribution in [0.3, 0.4) is 0 Å². The van der Waals surface area contributed by atoms with E-state index in [-0.39, 0.29) is 34.6 Å². The van der Waals surface area contributed by atoms with Gasteiger partial charge in [0.05, 0.1) is 17.5 Å². The van der Waals surface area contributed by atoms with Crippen LogP contribution < -0.4 is 5.43 Å². The van der Waals surface area contributed by atoms with E-state index in [9.17, 15) is 19.8 Å². The normalized spacial score (nSPS) is 10.7. The number of aryl methyl sites for hydroxylation is 1. The van der Waals surface area contributed by atoms with Gasteiger partial charge in [-0.2, -0.15) is 0 Å². The fourth-order valence-electron chi connectivity index (χ4n) is 2.07. The topological polar surface area (TPSA) is 88.8 Å². The number of rotatable bonds is 3. The largest absolute Gasteiger partial charge is 0.504 e. The molecule has 0 amide bonds. The van der Waals surface area contributed by atoms with Gasteiger partial charge in [0.25, 0.3) is 0 Å². The van der Waals surface area contributed by atoms with E-state index in [0.29, 0.717) is 6.54 Å². The van der Waals surface area contributed by atoms with Crippen molar-refractivity contribution in [2.45, 2.75) is 20.4 Å². The van der Waals surface area contributed by atoms with Gasteiger partial charge in [-0.15, -0.1) is 0 Å². The maximum absolute atomic E-state index is 12.3. The molecular formula is C14H15NO5. The summed E-state index contributed by atoms with van der Waals surface area (Å²) in [6.07, 6.45) is 1.34. The Balaban J connectivity index is 2.84. The van der Waals surface area contributed by atoms with E-state index in [0.717, 1.165) is 0 Å². The van der Waals surface area contributed by atoms with Gasteiger partial charge in [0, 0.05) is 12.7 Å². The summed E-state index contributed by atoms with van der Waals surface area (Å²) in [7, 11) is 0.